The van der Waals surface area contributed by atoms with Crippen LogP contribution >= 0.6 is 0 Å². The molecule has 0 N–H and O–H groups in total. The lowest BCUT2D eigenvalue weighted by molar-refractivity contribution is 0.346. The third-order valence-electron chi connectivity index (χ3n) is 4.38. The molecule has 2 aromatic rings. The van der Waals surface area contributed by atoms with Crippen molar-refractivity contribution in [1.82, 2.24) is 10.1 Å². The number of benzene rings is 1. The molecule has 0 bridgehead atoms. The van der Waals surface area contributed by atoms with Crippen molar-refractivity contribution in [3.63, 3.8) is 0 Å². The predicted octanol–water partition coefficient (Wildman–Crippen LogP) is 2.59. The van der Waals surface area contributed by atoms with E-state index in [-0.39, 0.29) is 11.7 Å². The average molecular weight is 334 g/mol. The zero-order valence-corrected chi connectivity index (χ0v) is 14.2. The molecular weight excluding hydrogens is 312 g/mol. The van der Waals surface area contributed by atoms with E-state index < -0.39 is 9.84 Å². The highest BCUT2D eigenvalue weighted by molar-refractivity contribution is 7.91. The van der Waals surface area contributed by atoms with Gasteiger partial charge in [-0.1, -0.05) is 36.3 Å². The first-order valence-corrected chi connectivity index (χ1v) is 9.96. The number of rotatable bonds is 5. The van der Waals surface area contributed by atoms with Crippen LogP contribution in [0.5, 0.6) is 0 Å². The van der Waals surface area contributed by atoms with Crippen LogP contribution in [0, 0.1) is 5.92 Å². The first-order chi connectivity index (χ1) is 11.1. The predicted molar refractivity (Wildman–Crippen MR) is 88.0 cm³/mol. The minimum atomic E-state index is -2.89. The van der Waals surface area contributed by atoms with Crippen molar-refractivity contribution in [2.45, 2.75) is 39.0 Å². The highest BCUT2D eigenvalue weighted by Gasteiger charge is 2.26. The van der Waals surface area contributed by atoms with E-state index in [1.165, 1.54) is 11.1 Å². The average Bonchev–Trinajstić information content (AvgIpc) is 2.94. The Morgan fingerprint density at radius 2 is 2.04 bits per heavy atom. The summed E-state index contributed by atoms with van der Waals surface area (Å²) < 4.78 is 28.7. The summed E-state index contributed by atoms with van der Waals surface area (Å²) in [6.45, 7) is 2.13. The van der Waals surface area contributed by atoms with Gasteiger partial charge in [0.2, 0.25) is 5.89 Å². The summed E-state index contributed by atoms with van der Waals surface area (Å²) in [6.07, 6.45) is 3.83. The molecule has 0 spiro atoms. The summed E-state index contributed by atoms with van der Waals surface area (Å²) in [5.41, 5.74) is 2.50. The largest absolute Gasteiger partial charge is 0.339 e. The molecule has 3 rings (SSSR count). The number of sulfone groups is 1. The summed E-state index contributed by atoms with van der Waals surface area (Å²) in [6, 6.07) is 8.25. The lowest BCUT2D eigenvalue weighted by Gasteiger charge is -2.19. The van der Waals surface area contributed by atoms with Gasteiger partial charge in [-0.15, -0.1) is 0 Å². The fourth-order valence-corrected chi connectivity index (χ4v) is 4.99. The van der Waals surface area contributed by atoms with E-state index in [9.17, 15) is 8.42 Å². The van der Waals surface area contributed by atoms with E-state index >= 15 is 0 Å². The van der Waals surface area contributed by atoms with Crippen molar-refractivity contribution in [2.24, 2.45) is 5.92 Å². The summed E-state index contributed by atoms with van der Waals surface area (Å²) >= 11 is 0. The van der Waals surface area contributed by atoms with Gasteiger partial charge in [-0.05, 0) is 36.3 Å². The van der Waals surface area contributed by atoms with Gasteiger partial charge in [-0.3, -0.25) is 0 Å². The second-order valence-corrected chi connectivity index (χ2v) is 8.46. The van der Waals surface area contributed by atoms with E-state index in [2.05, 4.69) is 29.2 Å². The van der Waals surface area contributed by atoms with Crippen LogP contribution in [0.1, 0.15) is 42.6 Å². The summed E-state index contributed by atoms with van der Waals surface area (Å²) in [7, 11) is -2.89. The van der Waals surface area contributed by atoms with E-state index in [1.54, 1.807) is 0 Å². The lowest BCUT2D eigenvalue weighted by Crippen LogP contribution is -2.26. The maximum Gasteiger partial charge on any atom is 0.226 e. The van der Waals surface area contributed by atoms with Crippen molar-refractivity contribution < 1.29 is 12.9 Å². The van der Waals surface area contributed by atoms with Crippen LogP contribution in [0.3, 0.4) is 0 Å². The molecule has 1 fully saturated rings. The van der Waals surface area contributed by atoms with E-state index in [0.29, 0.717) is 30.3 Å². The van der Waals surface area contributed by atoms with Gasteiger partial charge in [-0.2, -0.15) is 4.98 Å². The summed E-state index contributed by atoms with van der Waals surface area (Å²) in [5, 5.41) is 4.05. The molecule has 1 aliphatic rings. The normalized spacial score (nSPS) is 20.5. The van der Waals surface area contributed by atoms with Crippen LogP contribution in [0.4, 0.5) is 0 Å². The van der Waals surface area contributed by atoms with Crippen molar-refractivity contribution in [3.05, 3.63) is 47.1 Å². The molecule has 5 nitrogen and oxygen atoms in total. The second-order valence-electron chi connectivity index (χ2n) is 6.23. The van der Waals surface area contributed by atoms with Crippen LogP contribution in [0.25, 0.3) is 0 Å². The minimum Gasteiger partial charge on any atom is -0.339 e. The first kappa shape index (κ1) is 16.2. The van der Waals surface area contributed by atoms with Gasteiger partial charge in [0.05, 0.1) is 11.5 Å². The van der Waals surface area contributed by atoms with Gasteiger partial charge < -0.3 is 4.52 Å². The summed E-state index contributed by atoms with van der Waals surface area (Å²) in [5.74, 6) is 1.87. The van der Waals surface area contributed by atoms with E-state index in [4.69, 9.17) is 4.52 Å². The van der Waals surface area contributed by atoms with E-state index in [1.807, 2.05) is 12.1 Å². The van der Waals surface area contributed by atoms with Crippen molar-refractivity contribution in [2.75, 3.05) is 11.5 Å². The maximum absolute atomic E-state index is 11.7. The highest BCUT2D eigenvalue weighted by Crippen LogP contribution is 2.22. The number of aromatic nitrogens is 2. The van der Waals surface area contributed by atoms with Gasteiger partial charge in [0.25, 0.3) is 0 Å². The van der Waals surface area contributed by atoms with Crippen LogP contribution in [-0.4, -0.2) is 30.1 Å². The Bertz CT molecular complexity index is 768. The molecule has 1 aromatic carbocycles. The molecule has 124 valence electrons. The number of nitrogens with zero attached hydrogens (tertiary/aromatic N) is 2. The molecule has 0 aliphatic carbocycles. The molecule has 0 amide bonds. The van der Waals surface area contributed by atoms with Crippen LogP contribution in [-0.2, 0) is 29.1 Å². The second kappa shape index (κ2) is 6.83. The molecule has 0 saturated carbocycles. The minimum absolute atomic E-state index is 0.102. The Morgan fingerprint density at radius 3 is 2.78 bits per heavy atom. The number of aryl methyl sites for hydroxylation is 1. The Kier molecular flexibility index (Phi) is 4.80. The molecule has 1 saturated heterocycles. The fourth-order valence-electron chi connectivity index (χ4n) is 3.22. The third-order valence-corrected chi connectivity index (χ3v) is 6.27. The monoisotopic (exact) mass is 334 g/mol. The molecule has 0 radical (unpaired) electrons. The van der Waals surface area contributed by atoms with Crippen LogP contribution in [0.2, 0.25) is 0 Å². The molecule has 1 atom stereocenters. The zero-order chi connectivity index (χ0) is 16.3. The van der Waals surface area contributed by atoms with Crippen LogP contribution in [0.15, 0.2) is 28.8 Å². The van der Waals surface area contributed by atoms with Crippen LogP contribution < -0.4 is 0 Å². The van der Waals surface area contributed by atoms with Gasteiger partial charge in [0.1, 0.15) is 0 Å². The lowest BCUT2D eigenvalue weighted by atomic mass is 10.0. The van der Waals surface area contributed by atoms with Gasteiger partial charge in [-0.25, -0.2) is 8.42 Å². The molecular formula is C17H22N2O3S. The quantitative estimate of drug-likeness (QED) is 0.840. The number of hydrogen-bond acceptors (Lipinski definition) is 5. The van der Waals surface area contributed by atoms with E-state index in [0.717, 1.165) is 19.3 Å². The standard InChI is InChI=1S/C17H22N2O3S/c1-2-14-7-3-4-8-15(14)11-16-18-17(22-19-16)10-13-6-5-9-23(20,21)12-13/h3-4,7-8,13H,2,5-6,9-12H2,1H3. The zero-order valence-electron chi connectivity index (χ0n) is 13.4. The molecule has 1 aliphatic heterocycles. The highest BCUT2D eigenvalue weighted by atomic mass is 32.2. The first-order valence-electron chi connectivity index (χ1n) is 8.14. The number of hydrogen-bond donors (Lipinski definition) is 0. The Labute approximate surface area is 137 Å². The smallest absolute Gasteiger partial charge is 0.226 e. The van der Waals surface area contributed by atoms with Crippen molar-refractivity contribution in [3.8, 4) is 0 Å². The summed E-state index contributed by atoms with van der Waals surface area (Å²) in [4.78, 5) is 4.45. The Hall–Kier alpha value is -1.69. The third kappa shape index (κ3) is 4.19. The molecule has 23 heavy (non-hydrogen) atoms. The SMILES string of the molecule is CCc1ccccc1Cc1noc(CC2CCCS(=O)(=O)C2)n1. The molecule has 6 heteroatoms. The molecule has 2 heterocycles. The molecule has 1 aromatic heterocycles. The van der Waals surface area contributed by atoms with Crippen molar-refractivity contribution >= 4 is 9.84 Å². The van der Waals surface area contributed by atoms with Crippen molar-refractivity contribution in [1.29, 1.82) is 0 Å². The fraction of sp³-hybridized carbons (Fsp3) is 0.529. The topological polar surface area (TPSA) is 73.1 Å². The van der Waals surface area contributed by atoms with Gasteiger partial charge in [0, 0.05) is 12.8 Å². The Balaban J connectivity index is 1.66. The molecule has 1 unspecified atom stereocenters. The Morgan fingerprint density at radius 1 is 1.26 bits per heavy atom. The van der Waals surface area contributed by atoms with Gasteiger partial charge in [0.15, 0.2) is 15.7 Å². The maximum atomic E-state index is 11.7. The van der Waals surface area contributed by atoms with Gasteiger partial charge >= 0.3 is 0 Å².